The summed E-state index contributed by atoms with van der Waals surface area (Å²) in [5.41, 5.74) is 3.23. The number of rotatable bonds is 3. The number of fused-ring (bicyclic) bond motifs is 1. The summed E-state index contributed by atoms with van der Waals surface area (Å²) >= 11 is 0. The van der Waals surface area contributed by atoms with Crippen LogP contribution in [0.2, 0.25) is 0 Å². The third-order valence-corrected chi connectivity index (χ3v) is 4.60. The fraction of sp³-hybridized carbons (Fsp3) is 0.500. The summed E-state index contributed by atoms with van der Waals surface area (Å²) in [5, 5.41) is 6.27. The van der Waals surface area contributed by atoms with E-state index in [0.717, 1.165) is 37.2 Å². The highest BCUT2D eigenvalue weighted by molar-refractivity contribution is 5.97. The van der Waals surface area contributed by atoms with Gasteiger partial charge in [0.1, 0.15) is 0 Å². The Morgan fingerprint density at radius 1 is 1.33 bits per heavy atom. The van der Waals surface area contributed by atoms with E-state index in [-0.39, 0.29) is 17.7 Å². The van der Waals surface area contributed by atoms with Crippen LogP contribution < -0.4 is 10.6 Å². The standard InChI is InChI=1S/C16H19N3O2/c20-15-8-11(9-19(15)13-2-3-13)16(21)18-12-1-4-14-10(7-12)5-6-17-14/h1,4,7,11,13,17H,2-3,5-6,8-9H2,(H,18,21). The summed E-state index contributed by atoms with van der Waals surface area (Å²) in [5.74, 6) is -0.0994. The molecule has 2 amide bonds. The van der Waals surface area contributed by atoms with Gasteiger partial charge in [-0.15, -0.1) is 0 Å². The van der Waals surface area contributed by atoms with Crippen LogP contribution >= 0.6 is 0 Å². The number of carbonyl (C=O) groups excluding carboxylic acids is 2. The maximum atomic E-state index is 12.3. The molecule has 21 heavy (non-hydrogen) atoms. The summed E-state index contributed by atoms with van der Waals surface area (Å²) in [6, 6.07) is 6.36. The lowest BCUT2D eigenvalue weighted by atomic mass is 10.1. The Balaban J connectivity index is 1.43. The van der Waals surface area contributed by atoms with Gasteiger partial charge in [0.2, 0.25) is 11.8 Å². The first kappa shape index (κ1) is 12.7. The molecule has 5 nitrogen and oxygen atoms in total. The van der Waals surface area contributed by atoms with Gasteiger partial charge in [0.05, 0.1) is 5.92 Å². The van der Waals surface area contributed by atoms with Crippen LogP contribution in [-0.2, 0) is 16.0 Å². The molecule has 1 aromatic carbocycles. The van der Waals surface area contributed by atoms with Crippen LogP contribution in [0.4, 0.5) is 11.4 Å². The van der Waals surface area contributed by atoms with Crippen LogP contribution in [-0.4, -0.2) is 35.8 Å². The molecule has 2 fully saturated rings. The number of likely N-dealkylation sites (tertiary alicyclic amines) is 1. The Morgan fingerprint density at radius 3 is 3.00 bits per heavy atom. The number of benzene rings is 1. The first-order chi connectivity index (χ1) is 10.2. The monoisotopic (exact) mass is 285 g/mol. The SMILES string of the molecule is O=C(Nc1ccc2c(c1)CCN2)C1CC(=O)N(C2CC2)C1. The van der Waals surface area contributed by atoms with Gasteiger partial charge in [0.25, 0.3) is 0 Å². The average Bonchev–Trinajstić information content (AvgIpc) is 3.07. The van der Waals surface area contributed by atoms with Crippen molar-refractivity contribution >= 4 is 23.2 Å². The lowest BCUT2D eigenvalue weighted by Crippen LogP contribution is -2.29. The second kappa shape index (κ2) is 4.76. The van der Waals surface area contributed by atoms with E-state index < -0.39 is 0 Å². The van der Waals surface area contributed by atoms with Gasteiger partial charge in [-0.25, -0.2) is 0 Å². The maximum absolute atomic E-state index is 12.3. The highest BCUT2D eigenvalue weighted by Gasteiger charge is 2.41. The molecule has 1 aromatic rings. The van der Waals surface area contributed by atoms with E-state index in [1.807, 2.05) is 23.1 Å². The molecule has 1 saturated heterocycles. The molecular weight excluding hydrogens is 266 g/mol. The van der Waals surface area contributed by atoms with Crippen molar-refractivity contribution in [2.24, 2.45) is 5.92 Å². The predicted octanol–water partition coefficient (Wildman–Crippen LogP) is 1.60. The number of nitrogens with zero attached hydrogens (tertiary/aromatic N) is 1. The third-order valence-electron chi connectivity index (χ3n) is 4.60. The molecule has 0 aromatic heterocycles. The predicted molar refractivity (Wildman–Crippen MR) is 80.1 cm³/mol. The third kappa shape index (κ3) is 2.37. The van der Waals surface area contributed by atoms with Crippen molar-refractivity contribution in [2.45, 2.75) is 31.7 Å². The molecule has 1 saturated carbocycles. The molecule has 5 heteroatoms. The number of hydrogen-bond donors (Lipinski definition) is 2. The van der Waals surface area contributed by atoms with E-state index in [1.54, 1.807) is 0 Å². The van der Waals surface area contributed by atoms with E-state index in [1.165, 1.54) is 5.56 Å². The fourth-order valence-electron chi connectivity index (χ4n) is 3.27. The first-order valence-corrected chi connectivity index (χ1v) is 7.68. The van der Waals surface area contributed by atoms with Gasteiger partial charge in [-0.2, -0.15) is 0 Å². The lowest BCUT2D eigenvalue weighted by molar-refractivity contribution is -0.128. The van der Waals surface area contributed by atoms with E-state index in [9.17, 15) is 9.59 Å². The molecule has 0 spiro atoms. The van der Waals surface area contributed by atoms with Crippen molar-refractivity contribution < 1.29 is 9.59 Å². The van der Waals surface area contributed by atoms with E-state index >= 15 is 0 Å². The van der Waals surface area contributed by atoms with Gasteiger partial charge in [-0.3, -0.25) is 9.59 Å². The molecule has 2 N–H and O–H groups in total. The minimum Gasteiger partial charge on any atom is -0.384 e. The summed E-state index contributed by atoms with van der Waals surface area (Å²) in [7, 11) is 0. The molecule has 1 atom stereocenters. The minimum absolute atomic E-state index is 0.0302. The van der Waals surface area contributed by atoms with Crippen LogP contribution in [0, 0.1) is 5.92 Å². The number of amides is 2. The van der Waals surface area contributed by atoms with Crippen LogP contribution in [0.1, 0.15) is 24.8 Å². The lowest BCUT2D eigenvalue weighted by Gasteiger charge is -2.15. The van der Waals surface area contributed by atoms with Crippen LogP contribution in [0.5, 0.6) is 0 Å². The Kier molecular flexibility index (Phi) is 2.87. The van der Waals surface area contributed by atoms with E-state index in [0.29, 0.717) is 19.0 Å². The maximum Gasteiger partial charge on any atom is 0.229 e. The van der Waals surface area contributed by atoms with Gasteiger partial charge in [0, 0.05) is 36.9 Å². The van der Waals surface area contributed by atoms with Gasteiger partial charge in [-0.05, 0) is 43.0 Å². The zero-order chi connectivity index (χ0) is 14.4. The summed E-state index contributed by atoms with van der Waals surface area (Å²) in [6.45, 7) is 1.54. The Morgan fingerprint density at radius 2 is 2.19 bits per heavy atom. The normalized spacial score (nSPS) is 23.9. The Bertz CT molecular complexity index is 610. The molecule has 110 valence electrons. The molecular formula is C16H19N3O2. The summed E-state index contributed by atoms with van der Waals surface area (Å²) < 4.78 is 0. The molecule has 3 aliphatic rings. The van der Waals surface area contributed by atoms with Crippen LogP contribution in [0.15, 0.2) is 18.2 Å². The quantitative estimate of drug-likeness (QED) is 0.887. The molecule has 1 unspecified atom stereocenters. The zero-order valence-corrected chi connectivity index (χ0v) is 11.9. The average molecular weight is 285 g/mol. The van der Waals surface area contributed by atoms with Crippen molar-refractivity contribution in [3.63, 3.8) is 0 Å². The second-order valence-corrected chi connectivity index (χ2v) is 6.22. The van der Waals surface area contributed by atoms with Gasteiger partial charge >= 0.3 is 0 Å². The highest BCUT2D eigenvalue weighted by Crippen LogP contribution is 2.33. The number of carbonyl (C=O) groups is 2. The van der Waals surface area contributed by atoms with Crippen molar-refractivity contribution in [3.8, 4) is 0 Å². The second-order valence-electron chi connectivity index (χ2n) is 6.22. The van der Waals surface area contributed by atoms with Crippen molar-refractivity contribution in [1.82, 2.24) is 4.90 Å². The van der Waals surface area contributed by atoms with Crippen LogP contribution in [0.3, 0.4) is 0 Å². The highest BCUT2D eigenvalue weighted by atomic mass is 16.2. The van der Waals surface area contributed by atoms with Crippen molar-refractivity contribution in [2.75, 3.05) is 23.7 Å². The molecule has 1 aliphatic carbocycles. The largest absolute Gasteiger partial charge is 0.384 e. The molecule has 4 rings (SSSR count). The van der Waals surface area contributed by atoms with E-state index in [2.05, 4.69) is 10.6 Å². The van der Waals surface area contributed by atoms with Crippen LogP contribution in [0.25, 0.3) is 0 Å². The molecule has 2 heterocycles. The van der Waals surface area contributed by atoms with Gasteiger partial charge in [0.15, 0.2) is 0 Å². The summed E-state index contributed by atoms with van der Waals surface area (Å²) in [4.78, 5) is 26.1. The number of hydrogen-bond acceptors (Lipinski definition) is 3. The first-order valence-electron chi connectivity index (χ1n) is 7.68. The van der Waals surface area contributed by atoms with Gasteiger partial charge < -0.3 is 15.5 Å². The Hall–Kier alpha value is -2.04. The molecule has 2 aliphatic heterocycles. The van der Waals surface area contributed by atoms with E-state index in [4.69, 9.17) is 0 Å². The zero-order valence-electron chi connectivity index (χ0n) is 11.9. The number of anilines is 2. The summed E-state index contributed by atoms with van der Waals surface area (Å²) in [6.07, 6.45) is 3.54. The van der Waals surface area contributed by atoms with Crippen molar-refractivity contribution in [1.29, 1.82) is 0 Å². The molecule has 0 radical (unpaired) electrons. The Labute approximate surface area is 123 Å². The minimum atomic E-state index is -0.204. The topological polar surface area (TPSA) is 61.4 Å². The van der Waals surface area contributed by atoms with Crippen molar-refractivity contribution in [3.05, 3.63) is 23.8 Å². The molecule has 0 bridgehead atoms. The smallest absolute Gasteiger partial charge is 0.229 e. The fourth-order valence-corrected chi connectivity index (χ4v) is 3.27. The number of nitrogens with one attached hydrogen (secondary N) is 2. The van der Waals surface area contributed by atoms with Gasteiger partial charge in [-0.1, -0.05) is 0 Å².